The van der Waals surface area contributed by atoms with Gasteiger partial charge >= 0.3 is 0 Å². The summed E-state index contributed by atoms with van der Waals surface area (Å²) in [6.07, 6.45) is 10.3. The zero-order valence-electron chi connectivity index (χ0n) is 16.6. The molecule has 3 heterocycles. The molecule has 8 heteroatoms. The highest BCUT2D eigenvalue weighted by Gasteiger charge is 2.28. The summed E-state index contributed by atoms with van der Waals surface area (Å²) >= 11 is 0. The number of morpholine rings is 1. The van der Waals surface area contributed by atoms with E-state index in [-0.39, 0.29) is 0 Å². The topological polar surface area (TPSA) is 92.7 Å². The number of hydrogen-bond donors (Lipinski definition) is 3. The summed E-state index contributed by atoms with van der Waals surface area (Å²) in [5.74, 6) is -0.0869. The number of hydrogen-bond acceptors (Lipinski definition) is 7. The van der Waals surface area contributed by atoms with Gasteiger partial charge in [-0.3, -0.25) is 10.6 Å². The molecule has 0 spiro atoms. The first-order chi connectivity index (χ1) is 14.2. The summed E-state index contributed by atoms with van der Waals surface area (Å²) in [4.78, 5) is 11.0. The average Bonchev–Trinajstić information content (AvgIpc) is 3.25. The molecule has 4 N–H and O–H groups in total. The van der Waals surface area contributed by atoms with Gasteiger partial charge < -0.3 is 19.9 Å². The van der Waals surface area contributed by atoms with E-state index in [0.717, 1.165) is 69.3 Å². The summed E-state index contributed by atoms with van der Waals surface area (Å²) in [5.41, 5.74) is 8.68. The summed E-state index contributed by atoms with van der Waals surface area (Å²) in [5, 5.41) is 6.79. The molecular formula is C21H29N7O. The third-order valence-corrected chi connectivity index (χ3v) is 5.21. The van der Waals surface area contributed by atoms with Gasteiger partial charge in [0, 0.05) is 50.4 Å². The van der Waals surface area contributed by atoms with Crippen LogP contribution in [0.3, 0.4) is 0 Å². The lowest BCUT2D eigenvalue weighted by Gasteiger charge is -2.32. The van der Waals surface area contributed by atoms with Gasteiger partial charge in [0.2, 0.25) is 5.79 Å². The summed E-state index contributed by atoms with van der Waals surface area (Å²) in [7, 11) is 0. The second-order valence-corrected chi connectivity index (χ2v) is 7.42. The molecule has 1 unspecified atom stereocenters. The third-order valence-electron chi connectivity index (χ3n) is 5.21. The van der Waals surface area contributed by atoms with Crippen molar-refractivity contribution >= 4 is 6.21 Å². The van der Waals surface area contributed by atoms with Crippen molar-refractivity contribution in [1.29, 1.82) is 0 Å². The van der Waals surface area contributed by atoms with Gasteiger partial charge in [0.1, 0.15) is 5.82 Å². The van der Waals surface area contributed by atoms with Crippen LogP contribution in [-0.2, 0) is 17.1 Å². The molecule has 154 valence electrons. The number of aliphatic imine (C=N–C) groups is 1. The maximum atomic E-state index is 6.60. The Hall–Kier alpha value is -2.68. The fraction of sp³-hybridized carbons (Fsp3) is 0.429. The summed E-state index contributed by atoms with van der Waals surface area (Å²) in [6.45, 7) is 6.42. The van der Waals surface area contributed by atoms with Crippen molar-refractivity contribution in [3.8, 4) is 0 Å². The smallest absolute Gasteiger partial charge is 0.210 e. The largest absolute Gasteiger partial charge is 0.379 e. The molecule has 0 radical (unpaired) electrons. The molecule has 2 aromatic rings. The van der Waals surface area contributed by atoms with E-state index < -0.39 is 5.79 Å². The van der Waals surface area contributed by atoms with E-state index in [1.807, 2.05) is 35.3 Å². The van der Waals surface area contributed by atoms with Crippen molar-refractivity contribution < 1.29 is 4.74 Å². The molecule has 2 aliphatic rings. The number of ether oxygens (including phenoxy) is 1. The van der Waals surface area contributed by atoms with Crippen LogP contribution in [-0.4, -0.2) is 60.1 Å². The van der Waals surface area contributed by atoms with Crippen LogP contribution < -0.4 is 16.4 Å². The molecule has 0 amide bonds. The van der Waals surface area contributed by atoms with E-state index in [9.17, 15) is 0 Å². The predicted octanol–water partition coefficient (Wildman–Crippen LogP) is 0.828. The molecule has 0 saturated carbocycles. The molecule has 1 aromatic carbocycles. The maximum absolute atomic E-state index is 6.60. The van der Waals surface area contributed by atoms with E-state index in [1.54, 1.807) is 12.4 Å². The fourth-order valence-electron chi connectivity index (χ4n) is 3.61. The lowest BCUT2D eigenvalue weighted by Crippen LogP contribution is -2.52. The van der Waals surface area contributed by atoms with Crippen LogP contribution in [0.25, 0.3) is 0 Å². The van der Waals surface area contributed by atoms with E-state index >= 15 is 0 Å². The monoisotopic (exact) mass is 395 g/mol. The standard InChI is InChI=1S/C21H29N7O/c22-21(19-4-1-3-18(15-19)16-28-10-8-23-17-28)25-7-5-20(26-21)24-6-2-9-27-11-13-29-14-12-27/h1,3-5,7-8,10,15,17,24,26H,2,6,9,11-14,16,22H2. The minimum Gasteiger partial charge on any atom is -0.379 e. The van der Waals surface area contributed by atoms with E-state index in [4.69, 9.17) is 10.5 Å². The molecule has 1 aromatic heterocycles. The molecular weight excluding hydrogens is 366 g/mol. The Bertz CT molecular complexity index is 842. The zero-order chi connectivity index (χ0) is 19.9. The van der Waals surface area contributed by atoms with Gasteiger partial charge in [-0.1, -0.05) is 18.2 Å². The Labute approximate surface area is 171 Å². The van der Waals surface area contributed by atoms with E-state index in [2.05, 4.69) is 37.6 Å². The quantitative estimate of drug-likeness (QED) is 0.574. The highest BCUT2D eigenvalue weighted by atomic mass is 16.5. The minimum absolute atomic E-state index is 0.746. The van der Waals surface area contributed by atoms with Crippen molar-refractivity contribution in [1.82, 2.24) is 25.1 Å². The molecule has 29 heavy (non-hydrogen) atoms. The first kappa shape index (κ1) is 19.6. The van der Waals surface area contributed by atoms with Gasteiger partial charge in [0.05, 0.1) is 19.5 Å². The van der Waals surface area contributed by atoms with E-state index in [0.29, 0.717) is 0 Å². The van der Waals surface area contributed by atoms with Crippen molar-refractivity contribution in [2.75, 3.05) is 39.4 Å². The molecule has 0 aliphatic carbocycles. The third kappa shape index (κ3) is 5.23. The zero-order valence-corrected chi connectivity index (χ0v) is 16.6. The Balaban J connectivity index is 1.32. The number of nitrogens with one attached hydrogen (secondary N) is 2. The van der Waals surface area contributed by atoms with Crippen LogP contribution in [0.1, 0.15) is 17.5 Å². The minimum atomic E-state index is -0.980. The summed E-state index contributed by atoms with van der Waals surface area (Å²) < 4.78 is 7.42. The summed E-state index contributed by atoms with van der Waals surface area (Å²) in [6, 6.07) is 8.19. The Morgan fingerprint density at radius 2 is 2.17 bits per heavy atom. The van der Waals surface area contributed by atoms with Gasteiger partial charge in [-0.2, -0.15) is 0 Å². The van der Waals surface area contributed by atoms with Crippen molar-refractivity contribution in [2.24, 2.45) is 10.7 Å². The molecule has 8 nitrogen and oxygen atoms in total. The lowest BCUT2D eigenvalue weighted by molar-refractivity contribution is 0.0375. The second kappa shape index (κ2) is 9.21. The molecule has 4 rings (SSSR count). The molecule has 2 aliphatic heterocycles. The maximum Gasteiger partial charge on any atom is 0.210 e. The highest BCUT2D eigenvalue weighted by molar-refractivity contribution is 5.73. The van der Waals surface area contributed by atoms with E-state index in [1.165, 1.54) is 0 Å². The number of benzene rings is 1. The second-order valence-electron chi connectivity index (χ2n) is 7.42. The van der Waals surface area contributed by atoms with Gasteiger partial charge in [-0.15, -0.1) is 0 Å². The van der Waals surface area contributed by atoms with Gasteiger partial charge in [0.25, 0.3) is 0 Å². The molecule has 1 saturated heterocycles. The van der Waals surface area contributed by atoms with Gasteiger partial charge in [-0.05, 0) is 30.7 Å². The number of nitrogens with zero attached hydrogens (tertiary/aromatic N) is 4. The van der Waals surface area contributed by atoms with Crippen molar-refractivity contribution in [3.05, 3.63) is 66.0 Å². The predicted molar refractivity (Wildman–Crippen MR) is 113 cm³/mol. The normalized spacial score (nSPS) is 22.2. The number of aromatic nitrogens is 2. The first-order valence-corrected chi connectivity index (χ1v) is 10.1. The fourth-order valence-corrected chi connectivity index (χ4v) is 3.61. The number of rotatable bonds is 8. The molecule has 1 atom stereocenters. The van der Waals surface area contributed by atoms with Crippen LogP contribution in [0.2, 0.25) is 0 Å². The van der Waals surface area contributed by atoms with Crippen molar-refractivity contribution in [3.63, 3.8) is 0 Å². The van der Waals surface area contributed by atoms with Crippen LogP contribution >= 0.6 is 0 Å². The van der Waals surface area contributed by atoms with Crippen molar-refractivity contribution in [2.45, 2.75) is 18.8 Å². The Morgan fingerprint density at radius 3 is 3.00 bits per heavy atom. The Kier molecular flexibility index (Phi) is 6.24. The SMILES string of the molecule is NC1(c2cccc(Cn3ccnc3)c2)N=CC=C(NCCCN2CCOCC2)N1. The highest BCUT2D eigenvalue weighted by Crippen LogP contribution is 2.21. The number of allylic oxidation sites excluding steroid dienone is 1. The lowest BCUT2D eigenvalue weighted by atomic mass is 10.0. The van der Waals surface area contributed by atoms with Crippen LogP contribution in [0.4, 0.5) is 0 Å². The van der Waals surface area contributed by atoms with Crippen LogP contribution in [0.15, 0.2) is 59.9 Å². The number of imidazole rings is 1. The van der Waals surface area contributed by atoms with Crippen LogP contribution in [0, 0.1) is 0 Å². The molecule has 1 fully saturated rings. The Morgan fingerprint density at radius 1 is 1.28 bits per heavy atom. The van der Waals surface area contributed by atoms with Crippen LogP contribution in [0.5, 0.6) is 0 Å². The average molecular weight is 396 g/mol. The number of nitrogens with two attached hydrogens (primary N) is 1. The van der Waals surface area contributed by atoms with Gasteiger partial charge in [-0.25, -0.2) is 9.98 Å². The molecule has 0 bridgehead atoms. The first-order valence-electron chi connectivity index (χ1n) is 10.1. The van der Waals surface area contributed by atoms with Gasteiger partial charge in [0.15, 0.2) is 0 Å².